The summed E-state index contributed by atoms with van der Waals surface area (Å²) in [6.07, 6.45) is 1.64. The quantitative estimate of drug-likeness (QED) is 0.506. The Morgan fingerprint density at radius 2 is 1.72 bits per heavy atom. The Morgan fingerprint density at radius 3 is 2.48 bits per heavy atom. The summed E-state index contributed by atoms with van der Waals surface area (Å²) < 4.78 is 1.85. The third-order valence-corrected chi connectivity index (χ3v) is 4.47. The van der Waals surface area contributed by atoms with Crippen LogP contribution in [-0.2, 0) is 6.54 Å². The first-order valence-corrected chi connectivity index (χ1v) is 8.95. The summed E-state index contributed by atoms with van der Waals surface area (Å²) in [4.78, 5) is 13.1. The van der Waals surface area contributed by atoms with Crippen molar-refractivity contribution < 1.29 is 4.79 Å². The zero-order valence-electron chi connectivity index (χ0n) is 13.6. The molecule has 0 spiro atoms. The molecular weight excluding hydrogens is 334 g/mol. The van der Waals surface area contributed by atoms with Gasteiger partial charge in [0.15, 0.2) is 5.82 Å². The molecule has 0 fully saturated rings. The highest BCUT2D eigenvalue weighted by atomic mass is 32.2. The minimum absolute atomic E-state index is 0.212. The van der Waals surface area contributed by atoms with E-state index in [1.165, 1.54) is 4.90 Å². The molecule has 7 heteroatoms. The van der Waals surface area contributed by atoms with Crippen LogP contribution in [0.15, 0.2) is 71.9 Å². The van der Waals surface area contributed by atoms with Crippen LogP contribution in [0.4, 0.5) is 4.79 Å². The minimum Gasteiger partial charge on any atom is -0.337 e. The Bertz CT molecular complexity index is 791. The van der Waals surface area contributed by atoms with Crippen LogP contribution in [0.3, 0.4) is 0 Å². The number of thioether (sulfide) groups is 1. The zero-order valence-corrected chi connectivity index (χ0v) is 14.4. The second-order valence-electron chi connectivity index (χ2n) is 5.22. The minimum atomic E-state index is -0.212. The summed E-state index contributed by atoms with van der Waals surface area (Å²) in [7, 11) is 0. The lowest BCUT2D eigenvalue weighted by Gasteiger charge is -2.09. The van der Waals surface area contributed by atoms with Gasteiger partial charge in [0.05, 0.1) is 6.54 Å². The number of nitrogens with zero attached hydrogens (tertiary/aromatic N) is 3. The maximum atomic E-state index is 11.9. The van der Waals surface area contributed by atoms with Crippen molar-refractivity contribution in [3.05, 3.63) is 72.8 Å². The Labute approximate surface area is 150 Å². The van der Waals surface area contributed by atoms with E-state index in [9.17, 15) is 4.79 Å². The van der Waals surface area contributed by atoms with Crippen molar-refractivity contribution in [2.75, 3.05) is 12.3 Å². The third kappa shape index (κ3) is 5.09. The lowest BCUT2D eigenvalue weighted by atomic mass is 10.3. The molecule has 0 aliphatic carbocycles. The monoisotopic (exact) mass is 353 g/mol. The first-order valence-electron chi connectivity index (χ1n) is 7.97. The van der Waals surface area contributed by atoms with Gasteiger partial charge in [-0.1, -0.05) is 36.4 Å². The van der Waals surface area contributed by atoms with Crippen molar-refractivity contribution in [3.8, 4) is 5.69 Å². The fourth-order valence-corrected chi connectivity index (χ4v) is 3.05. The second-order valence-corrected chi connectivity index (χ2v) is 6.39. The van der Waals surface area contributed by atoms with Gasteiger partial charge in [0.2, 0.25) is 0 Å². The van der Waals surface area contributed by atoms with Gasteiger partial charge in [-0.05, 0) is 24.3 Å². The van der Waals surface area contributed by atoms with Gasteiger partial charge in [0.1, 0.15) is 6.33 Å². The van der Waals surface area contributed by atoms with E-state index in [1.807, 2.05) is 53.1 Å². The lowest BCUT2D eigenvalue weighted by molar-refractivity contribution is 0.241. The van der Waals surface area contributed by atoms with Gasteiger partial charge < -0.3 is 10.6 Å². The van der Waals surface area contributed by atoms with Crippen molar-refractivity contribution in [3.63, 3.8) is 0 Å². The van der Waals surface area contributed by atoms with Crippen molar-refractivity contribution in [2.24, 2.45) is 0 Å². The summed E-state index contributed by atoms with van der Waals surface area (Å²) in [6.45, 7) is 0.906. The van der Waals surface area contributed by atoms with E-state index in [0.29, 0.717) is 18.9 Å². The molecule has 25 heavy (non-hydrogen) atoms. The van der Waals surface area contributed by atoms with Gasteiger partial charge in [0, 0.05) is 22.9 Å². The van der Waals surface area contributed by atoms with Gasteiger partial charge in [0.25, 0.3) is 0 Å². The summed E-state index contributed by atoms with van der Waals surface area (Å²) in [5, 5.41) is 13.6. The number of para-hydroxylation sites is 1. The SMILES string of the molecule is O=C(NCCSc1ccccc1)NCc1nncn1-c1ccccc1. The normalized spacial score (nSPS) is 10.4. The van der Waals surface area contributed by atoms with Crippen LogP contribution in [0, 0.1) is 0 Å². The van der Waals surface area contributed by atoms with Crippen LogP contribution >= 0.6 is 11.8 Å². The smallest absolute Gasteiger partial charge is 0.315 e. The van der Waals surface area contributed by atoms with Gasteiger partial charge in [-0.15, -0.1) is 22.0 Å². The molecule has 0 bridgehead atoms. The molecule has 3 aromatic rings. The lowest BCUT2D eigenvalue weighted by Crippen LogP contribution is -2.36. The van der Waals surface area contributed by atoms with E-state index in [0.717, 1.165) is 11.4 Å². The first-order chi connectivity index (χ1) is 12.3. The molecule has 2 amide bonds. The largest absolute Gasteiger partial charge is 0.337 e. The number of carbonyl (C=O) groups is 1. The van der Waals surface area contributed by atoms with E-state index in [4.69, 9.17) is 0 Å². The number of nitrogens with one attached hydrogen (secondary N) is 2. The predicted octanol–water partition coefficient (Wildman–Crippen LogP) is 2.86. The average Bonchev–Trinajstić information content (AvgIpc) is 3.14. The number of hydrogen-bond donors (Lipinski definition) is 2. The van der Waals surface area contributed by atoms with Gasteiger partial charge in [-0.25, -0.2) is 4.79 Å². The number of rotatable bonds is 7. The van der Waals surface area contributed by atoms with Gasteiger partial charge in [-0.3, -0.25) is 4.57 Å². The molecule has 1 heterocycles. The topological polar surface area (TPSA) is 71.8 Å². The highest BCUT2D eigenvalue weighted by Crippen LogP contribution is 2.15. The van der Waals surface area contributed by atoms with Crippen LogP contribution in [0.5, 0.6) is 0 Å². The fourth-order valence-electron chi connectivity index (χ4n) is 2.26. The van der Waals surface area contributed by atoms with Gasteiger partial charge in [-0.2, -0.15) is 0 Å². The molecule has 0 saturated carbocycles. The zero-order chi connectivity index (χ0) is 17.3. The van der Waals surface area contributed by atoms with E-state index >= 15 is 0 Å². The van der Waals surface area contributed by atoms with E-state index in [-0.39, 0.29) is 6.03 Å². The van der Waals surface area contributed by atoms with E-state index < -0.39 is 0 Å². The third-order valence-electron chi connectivity index (χ3n) is 3.46. The summed E-state index contributed by atoms with van der Waals surface area (Å²) in [5.74, 6) is 1.50. The average molecular weight is 353 g/mol. The second kappa shape index (κ2) is 8.89. The molecule has 1 aromatic heterocycles. The highest BCUT2D eigenvalue weighted by Gasteiger charge is 2.07. The Hall–Kier alpha value is -2.80. The number of amides is 2. The molecule has 2 N–H and O–H groups in total. The van der Waals surface area contributed by atoms with Crippen molar-refractivity contribution in [1.29, 1.82) is 0 Å². The summed E-state index contributed by atoms with van der Waals surface area (Å²) in [6, 6.07) is 19.7. The van der Waals surface area contributed by atoms with E-state index in [1.54, 1.807) is 18.1 Å². The molecule has 0 aliphatic heterocycles. The summed E-state index contributed by atoms with van der Waals surface area (Å²) >= 11 is 1.71. The van der Waals surface area contributed by atoms with Crippen molar-refractivity contribution in [1.82, 2.24) is 25.4 Å². The molecule has 2 aromatic carbocycles. The Morgan fingerprint density at radius 1 is 1.00 bits per heavy atom. The van der Waals surface area contributed by atoms with E-state index in [2.05, 4.69) is 33.0 Å². The molecular formula is C18H19N5OS. The molecule has 128 valence electrons. The van der Waals surface area contributed by atoms with Crippen LogP contribution in [0.1, 0.15) is 5.82 Å². The molecule has 0 radical (unpaired) electrons. The maximum absolute atomic E-state index is 11.9. The summed E-state index contributed by atoms with van der Waals surface area (Å²) in [5.41, 5.74) is 0.962. The Balaban J connectivity index is 1.42. The molecule has 0 saturated heterocycles. The molecule has 3 rings (SSSR count). The number of benzene rings is 2. The van der Waals surface area contributed by atoms with Gasteiger partial charge >= 0.3 is 6.03 Å². The molecule has 0 unspecified atom stereocenters. The van der Waals surface area contributed by atoms with Crippen molar-refractivity contribution >= 4 is 17.8 Å². The van der Waals surface area contributed by atoms with Crippen LogP contribution in [0.25, 0.3) is 5.69 Å². The molecule has 6 nitrogen and oxygen atoms in total. The standard InChI is InChI=1S/C18H19N5OS/c24-18(19-11-12-25-16-9-5-2-6-10-16)20-13-17-22-21-14-23(17)15-7-3-1-4-8-15/h1-10,14H,11-13H2,(H2,19,20,24). The number of hydrogen-bond acceptors (Lipinski definition) is 4. The number of urea groups is 1. The van der Waals surface area contributed by atoms with Crippen LogP contribution in [-0.4, -0.2) is 33.1 Å². The highest BCUT2D eigenvalue weighted by molar-refractivity contribution is 7.99. The fraction of sp³-hybridized carbons (Fsp3) is 0.167. The number of carbonyl (C=O) groups excluding carboxylic acids is 1. The van der Waals surface area contributed by atoms with Crippen LogP contribution in [0.2, 0.25) is 0 Å². The maximum Gasteiger partial charge on any atom is 0.315 e. The van der Waals surface area contributed by atoms with Crippen molar-refractivity contribution in [2.45, 2.75) is 11.4 Å². The van der Waals surface area contributed by atoms with Crippen LogP contribution < -0.4 is 10.6 Å². The first kappa shape index (κ1) is 17.0. The molecule has 0 aliphatic rings. The molecule has 0 atom stereocenters. The predicted molar refractivity (Wildman–Crippen MR) is 98.8 cm³/mol. The number of aromatic nitrogens is 3. The Kier molecular flexibility index (Phi) is 6.06.